The zero-order valence-electron chi connectivity index (χ0n) is 28.0. The van der Waals surface area contributed by atoms with Gasteiger partial charge in [0, 0.05) is 18.0 Å². The molecule has 10 heteroatoms. The van der Waals surface area contributed by atoms with Crippen LogP contribution in [0.25, 0.3) is 0 Å². The lowest BCUT2D eigenvalue weighted by molar-refractivity contribution is -0.140. The van der Waals surface area contributed by atoms with Crippen molar-refractivity contribution in [1.82, 2.24) is 20.3 Å². The van der Waals surface area contributed by atoms with E-state index in [0.717, 1.165) is 11.1 Å². The maximum absolute atomic E-state index is 14.1. The van der Waals surface area contributed by atoms with Crippen molar-refractivity contribution in [2.24, 2.45) is 11.3 Å². The first-order chi connectivity index (χ1) is 20.2. The number of rotatable bonds is 12. The van der Waals surface area contributed by atoms with Crippen molar-refractivity contribution in [2.75, 3.05) is 14.1 Å². The molecule has 0 saturated carbocycles. The Bertz CT molecular complexity index is 1460. The van der Waals surface area contributed by atoms with E-state index in [0.29, 0.717) is 0 Å². The molecule has 0 bridgehead atoms. The Hall–Kier alpha value is -3.50. The van der Waals surface area contributed by atoms with E-state index in [4.69, 9.17) is 0 Å². The highest BCUT2D eigenvalue weighted by Gasteiger charge is 2.41. The number of amides is 3. The van der Waals surface area contributed by atoms with E-state index in [1.54, 1.807) is 39.2 Å². The van der Waals surface area contributed by atoms with E-state index >= 15 is 0 Å². The first-order valence-corrected chi connectivity index (χ1v) is 16.3. The summed E-state index contributed by atoms with van der Waals surface area (Å²) in [6.45, 7) is 16.7. The SMILES string of the molecule is CN[C@H](C(=O)N[C@H](C(=O)N(C)[C@H](/C=C(\C)C(=O)NS(=O)(=O)c1cccc(C)c1)C(C)C)C(C)(C)C)C(C)(C)c1ccccc1. The van der Waals surface area contributed by atoms with Crippen molar-refractivity contribution in [2.45, 2.75) is 90.7 Å². The van der Waals surface area contributed by atoms with Crippen LogP contribution in [0.5, 0.6) is 0 Å². The number of carbonyl (C=O) groups excluding carboxylic acids is 3. The van der Waals surface area contributed by atoms with Crippen LogP contribution in [0.2, 0.25) is 0 Å². The van der Waals surface area contributed by atoms with Crippen molar-refractivity contribution in [1.29, 1.82) is 0 Å². The molecule has 3 N–H and O–H groups in total. The summed E-state index contributed by atoms with van der Waals surface area (Å²) in [5.41, 5.74) is 0.654. The number of carbonyl (C=O) groups is 3. The van der Waals surface area contributed by atoms with Gasteiger partial charge in [0.05, 0.1) is 17.0 Å². The molecule has 0 saturated heterocycles. The molecule has 3 atom stereocenters. The number of nitrogens with zero attached hydrogens (tertiary/aromatic N) is 1. The lowest BCUT2D eigenvalue weighted by atomic mass is 9.76. The fourth-order valence-electron chi connectivity index (χ4n) is 5.21. The van der Waals surface area contributed by atoms with Crippen LogP contribution in [0, 0.1) is 18.3 Å². The number of benzene rings is 2. The number of sulfonamides is 1. The molecule has 0 aromatic heterocycles. The minimum absolute atomic E-state index is 0.00886. The van der Waals surface area contributed by atoms with Crippen molar-refractivity contribution >= 4 is 27.7 Å². The second kappa shape index (κ2) is 14.5. The predicted molar refractivity (Wildman–Crippen MR) is 175 cm³/mol. The minimum Gasteiger partial charge on any atom is -0.342 e. The molecule has 0 unspecified atom stereocenters. The maximum atomic E-state index is 14.1. The molecule has 0 fully saturated rings. The molecule has 0 aliphatic heterocycles. The molecule has 9 nitrogen and oxygen atoms in total. The Morgan fingerprint density at radius 1 is 0.909 bits per heavy atom. The smallest absolute Gasteiger partial charge is 0.264 e. The summed E-state index contributed by atoms with van der Waals surface area (Å²) in [4.78, 5) is 42.3. The van der Waals surface area contributed by atoms with Gasteiger partial charge in [-0.15, -0.1) is 0 Å². The molecule has 2 rings (SSSR count). The third-order valence-corrected chi connectivity index (χ3v) is 9.30. The number of hydrogen-bond acceptors (Lipinski definition) is 6. The Labute approximate surface area is 263 Å². The van der Waals surface area contributed by atoms with Gasteiger partial charge in [0.2, 0.25) is 11.8 Å². The summed E-state index contributed by atoms with van der Waals surface area (Å²) in [7, 11) is -0.728. The van der Waals surface area contributed by atoms with Crippen molar-refractivity contribution in [3.63, 3.8) is 0 Å². The molecule has 2 aromatic rings. The van der Waals surface area contributed by atoms with E-state index in [2.05, 4.69) is 15.4 Å². The first-order valence-electron chi connectivity index (χ1n) is 14.9. The van der Waals surface area contributed by atoms with Crippen LogP contribution in [0.15, 0.2) is 71.1 Å². The van der Waals surface area contributed by atoms with Crippen LogP contribution in [-0.2, 0) is 29.8 Å². The number of likely N-dealkylation sites (N-methyl/N-ethyl adjacent to an activating group) is 2. The highest BCUT2D eigenvalue weighted by atomic mass is 32.2. The molecule has 0 aliphatic rings. The maximum Gasteiger partial charge on any atom is 0.264 e. The Morgan fingerprint density at radius 3 is 2.00 bits per heavy atom. The van der Waals surface area contributed by atoms with Crippen LogP contribution < -0.4 is 15.4 Å². The normalized spacial score (nSPS) is 14.9. The Balaban J connectivity index is 2.33. The standard InChI is InChI=1S/C34H50N4O5S/c1-22(2)27(21-24(4)30(39)37-44(42,43)26-19-15-16-23(3)20-26)38(11)32(41)29(33(5,6)7)36-31(40)28(35-10)34(8,9)25-17-13-12-14-18-25/h12-22,27-29,35H,1-11H3,(H,36,40)(H,37,39)/b24-21+/t27-,28-,29-/m1/s1. The Morgan fingerprint density at radius 2 is 1.50 bits per heavy atom. The Kier molecular flexibility index (Phi) is 12.1. The van der Waals surface area contributed by atoms with Crippen LogP contribution in [-0.4, -0.2) is 63.3 Å². The monoisotopic (exact) mass is 626 g/mol. The topological polar surface area (TPSA) is 125 Å². The molecule has 0 spiro atoms. The van der Waals surface area contributed by atoms with Gasteiger partial charge in [-0.2, -0.15) is 0 Å². The highest BCUT2D eigenvalue weighted by Crippen LogP contribution is 2.29. The average molecular weight is 627 g/mol. The van der Waals surface area contributed by atoms with Gasteiger partial charge >= 0.3 is 0 Å². The zero-order chi connectivity index (χ0) is 33.6. The van der Waals surface area contributed by atoms with Crippen molar-refractivity contribution < 1.29 is 22.8 Å². The van der Waals surface area contributed by atoms with Gasteiger partial charge < -0.3 is 15.5 Å². The van der Waals surface area contributed by atoms with E-state index in [1.165, 1.54) is 24.0 Å². The second-order valence-corrected chi connectivity index (χ2v) is 15.1. The molecule has 0 aliphatic carbocycles. The van der Waals surface area contributed by atoms with E-state index in [1.807, 2.05) is 78.8 Å². The molecular weight excluding hydrogens is 576 g/mol. The van der Waals surface area contributed by atoms with Gasteiger partial charge in [-0.25, -0.2) is 13.1 Å². The first kappa shape index (κ1) is 36.7. The third kappa shape index (κ3) is 9.01. The number of nitrogens with one attached hydrogen (secondary N) is 3. The highest BCUT2D eigenvalue weighted by molar-refractivity contribution is 7.90. The van der Waals surface area contributed by atoms with Crippen molar-refractivity contribution in [3.05, 3.63) is 77.4 Å². The molecular formula is C34H50N4O5S. The largest absolute Gasteiger partial charge is 0.342 e. The van der Waals surface area contributed by atoms with Crippen LogP contribution >= 0.6 is 0 Å². The molecule has 0 radical (unpaired) electrons. The zero-order valence-corrected chi connectivity index (χ0v) is 28.8. The minimum atomic E-state index is -4.08. The van der Waals surface area contributed by atoms with E-state index < -0.39 is 44.9 Å². The van der Waals surface area contributed by atoms with Gasteiger partial charge in [-0.05, 0) is 55.5 Å². The lowest BCUT2D eigenvalue weighted by Gasteiger charge is -2.40. The number of aryl methyl sites for hydroxylation is 1. The van der Waals surface area contributed by atoms with Crippen molar-refractivity contribution in [3.8, 4) is 0 Å². The molecule has 242 valence electrons. The second-order valence-electron chi connectivity index (χ2n) is 13.4. The average Bonchev–Trinajstić information content (AvgIpc) is 2.93. The van der Waals surface area contributed by atoms with Crippen LogP contribution in [0.1, 0.15) is 66.5 Å². The van der Waals surface area contributed by atoms with Gasteiger partial charge in [0.25, 0.3) is 15.9 Å². The summed E-state index contributed by atoms with van der Waals surface area (Å²) in [5.74, 6) is -1.54. The summed E-state index contributed by atoms with van der Waals surface area (Å²) in [6, 6.07) is 13.9. The van der Waals surface area contributed by atoms with Gasteiger partial charge in [0.15, 0.2) is 0 Å². The van der Waals surface area contributed by atoms with Crippen LogP contribution in [0.4, 0.5) is 0 Å². The fourth-order valence-corrected chi connectivity index (χ4v) is 6.33. The summed E-state index contributed by atoms with van der Waals surface area (Å²) in [5, 5.41) is 6.15. The third-order valence-electron chi connectivity index (χ3n) is 7.97. The summed E-state index contributed by atoms with van der Waals surface area (Å²) < 4.78 is 27.8. The fraction of sp³-hybridized carbons (Fsp3) is 0.500. The van der Waals surface area contributed by atoms with Gasteiger partial charge in [-0.3, -0.25) is 14.4 Å². The van der Waals surface area contributed by atoms with E-state index in [9.17, 15) is 22.8 Å². The molecule has 44 heavy (non-hydrogen) atoms. The lowest BCUT2D eigenvalue weighted by Crippen LogP contribution is -2.61. The molecule has 2 aromatic carbocycles. The van der Waals surface area contributed by atoms with Gasteiger partial charge in [-0.1, -0.05) is 97.0 Å². The van der Waals surface area contributed by atoms with Crippen LogP contribution in [0.3, 0.4) is 0 Å². The summed E-state index contributed by atoms with van der Waals surface area (Å²) >= 11 is 0. The van der Waals surface area contributed by atoms with Gasteiger partial charge in [0.1, 0.15) is 6.04 Å². The molecule has 0 heterocycles. The summed E-state index contributed by atoms with van der Waals surface area (Å²) in [6.07, 6.45) is 1.60. The van der Waals surface area contributed by atoms with E-state index in [-0.39, 0.29) is 28.2 Å². The predicted octanol–water partition coefficient (Wildman–Crippen LogP) is 4.33. The number of hydrogen-bond donors (Lipinski definition) is 3. The molecule has 3 amide bonds. The quantitative estimate of drug-likeness (QED) is 0.302.